The quantitative estimate of drug-likeness (QED) is 0.644. The molecule has 3 N–H and O–H groups in total. The highest BCUT2D eigenvalue weighted by Gasteiger charge is 2.29. The summed E-state index contributed by atoms with van der Waals surface area (Å²) in [5.74, 6) is 0.492. The highest BCUT2D eigenvalue weighted by atomic mass is 16.1. The van der Waals surface area contributed by atoms with Crippen molar-refractivity contribution < 1.29 is 4.79 Å². The van der Waals surface area contributed by atoms with Gasteiger partial charge in [-0.25, -0.2) is 0 Å². The summed E-state index contributed by atoms with van der Waals surface area (Å²) in [5, 5.41) is 3.17. The lowest BCUT2D eigenvalue weighted by Crippen LogP contribution is -2.43. The molecule has 1 fully saturated rings. The summed E-state index contributed by atoms with van der Waals surface area (Å²) in [5.41, 5.74) is 5.35. The van der Waals surface area contributed by atoms with E-state index in [1.807, 2.05) is 14.0 Å². The second-order valence-electron chi connectivity index (χ2n) is 4.03. The first-order valence-corrected chi connectivity index (χ1v) is 5.37. The van der Waals surface area contributed by atoms with E-state index in [-0.39, 0.29) is 11.9 Å². The van der Waals surface area contributed by atoms with Crippen LogP contribution in [-0.2, 0) is 4.79 Å². The average molecular weight is 199 g/mol. The zero-order valence-electron chi connectivity index (χ0n) is 9.12. The number of amides is 1. The van der Waals surface area contributed by atoms with Crippen LogP contribution in [0, 0.1) is 5.92 Å². The third kappa shape index (κ3) is 2.69. The Balaban J connectivity index is 2.43. The van der Waals surface area contributed by atoms with Crippen molar-refractivity contribution in [3.63, 3.8) is 0 Å². The molecule has 1 aliphatic rings. The molecule has 2 atom stereocenters. The Kier molecular flexibility index (Phi) is 4.35. The van der Waals surface area contributed by atoms with Crippen LogP contribution < -0.4 is 11.1 Å². The summed E-state index contributed by atoms with van der Waals surface area (Å²) in [4.78, 5) is 13.4. The van der Waals surface area contributed by atoms with Crippen LogP contribution in [0.4, 0.5) is 0 Å². The SMILES string of the molecule is CCC(C(N)=O)N1CCC(CNC)C1. The number of rotatable bonds is 5. The molecular formula is C10H21N3O. The van der Waals surface area contributed by atoms with E-state index >= 15 is 0 Å². The highest BCUT2D eigenvalue weighted by Crippen LogP contribution is 2.19. The van der Waals surface area contributed by atoms with Crippen LogP contribution in [0.3, 0.4) is 0 Å². The summed E-state index contributed by atoms with van der Waals surface area (Å²) in [6.45, 7) is 5.06. The lowest BCUT2D eigenvalue weighted by atomic mass is 10.1. The lowest BCUT2D eigenvalue weighted by Gasteiger charge is -2.23. The van der Waals surface area contributed by atoms with Crippen LogP contribution >= 0.6 is 0 Å². The Bertz CT molecular complexity index is 196. The Morgan fingerprint density at radius 1 is 1.71 bits per heavy atom. The van der Waals surface area contributed by atoms with Crippen LogP contribution in [0.5, 0.6) is 0 Å². The third-order valence-corrected chi connectivity index (χ3v) is 2.97. The number of carbonyl (C=O) groups is 1. The summed E-state index contributed by atoms with van der Waals surface area (Å²) in [6.07, 6.45) is 1.99. The Labute approximate surface area is 85.8 Å². The normalized spacial score (nSPS) is 25.1. The van der Waals surface area contributed by atoms with Gasteiger partial charge in [0, 0.05) is 6.54 Å². The summed E-state index contributed by atoms with van der Waals surface area (Å²) < 4.78 is 0. The van der Waals surface area contributed by atoms with Crippen molar-refractivity contribution in [3.05, 3.63) is 0 Å². The van der Waals surface area contributed by atoms with Crippen molar-refractivity contribution in [2.75, 3.05) is 26.7 Å². The van der Waals surface area contributed by atoms with Gasteiger partial charge in [-0.3, -0.25) is 9.69 Å². The zero-order valence-corrected chi connectivity index (χ0v) is 9.12. The van der Waals surface area contributed by atoms with Gasteiger partial charge in [-0.2, -0.15) is 0 Å². The number of carbonyl (C=O) groups excluding carboxylic acids is 1. The minimum absolute atomic E-state index is 0.0585. The van der Waals surface area contributed by atoms with Gasteiger partial charge in [-0.05, 0) is 38.9 Å². The zero-order chi connectivity index (χ0) is 10.6. The molecule has 1 heterocycles. The molecule has 82 valence electrons. The first kappa shape index (κ1) is 11.5. The van der Waals surface area contributed by atoms with Gasteiger partial charge in [0.1, 0.15) is 0 Å². The first-order chi connectivity index (χ1) is 6.69. The summed E-state index contributed by atoms with van der Waals surface area (Å²) in [7, 11) is 1.97. The van der Waals surface area contributed by atoms with Crippen LogP contribution in [0.25, 0.3) is 0 Å². The van der Waals surface area contributed by atoms with Crippen LogP contribution in [0.1, 0.15) is 19.8 Å². The minimum Gasteiger partial charge on any atom is -0.368 e. The van der Waals surface area contributed by atoms with E-state index in [0.29, 0.717) is 5.92 Å². The topological polar surface area (TPSA) is 58.4 Å². The molecule has 0 saturated carbocycles. The number of hydrogen-bond acceptors (Lipinski definition) is 3. The van der Waals surface area contributed by atoms with E-state index < -0.39 is 0 Å². The molecule has 1 amide bonds. The fraction of sp³-hybridized carbons (Fsp3) is 0.900. The second-order valence-corrected chi connectivity index (χ2v) is 4.03. The fourth-order valence-electron chi connectivity index (χ4n) is 2.24. The summed E-state index contributed by atoms with van der Waals surface area (Å²) >= 11 is 0. The summed E-state index contributed by atoms with van der Waals surface area (Å²) in [6, 6.07) is -0.0585. The maximum absolute atomic E-state index is 11.1. The predicted molar refractivity (Wildman–Crippen MR) is 56.9 cm³/mol. The van der Waals surface area contributed by atoms with Gasteiger partial charge in [0.15, 0.2) is 0 Å². The van der Waals surface area contributed by atoms with E-state index in [4.69, 9.17) is 5.73 Å². The molecule has 1 aliphatic heterocycles. The van der Waals surface area contributed by atoms with Crippen LogP contribution in [-0.4, -0.2) is 43.5 Å². The molecule has 0 aromatic heterocycles. The second kappa shape index (κ2) is 5.32. The maximum atomic E-state index is 11.1. The Hall–Kier alpha value is -0.610. The van der Waals surface area contributed by atoms with E-state index in [0.717, 1.165) is 26.1 Å². The molecule has 0 aromatic carbocycles. The molecular weight excluding hydrogens is 178 g/mol. The number of nitrogens with two attached hydrogens (primary N) is 1. The monoisotopic (exact) mass is 199 g/mol. The van der Waals surface area contributed by atoms with Crippen molar-refractivity contribution >= 4 is 5.91 Å². The number of nitrogens with one attached hydrogen (secondary N) is 1. The van der Waals surface area contributed by atoms with E-state index in [9.17, 15) is 4.79 Å². The van der Waals surface area contributed by atoms with Gasteiger partial charge >= 0.3 is 0 Å². The molecule has 2 unspecified atom stereocenters. The molecule has 1 saturated heterocycles. The number of primary amides is 1. The van der Waals surface area contributed by atoms with Gasteiger partial charge < -0.3 is 11.1 Å². The predicted octanol–water partition coefficient (Wildman–Crippen LogP) is -0.208. The van der Waals surface area contributed by atoms with Crippen LogP contribution in [0.15, 0.2) is 0 Å². The largest absolute Gasteiger partial charge is 0.368 e. The van der Waals surface area contributed by atoms with Gasteiger partial charge in [0.05, 0.1) is 6.04 Å². The molecule has 14 heavy (non-hydrogen) atoms. The molecule has 0 aromatic rings. The molecule has 4 heteroatoms. The smallest absolute Gasteiger partial charge is 0.234 e. The number of likely N-dealkylation sites (tertiary alicyclic amines) is 1. The fourth-order valence-corrected chi connectivity index (χ4v) is 2.24. The van der Waals surface area contributed by atoms with E-state index in [1.54, 1.807) is 0 Å². The van der Waals surface area contributed by atoms with Crippen molar-refractivity contribution in [2.24, 2.45) is 11.7 Å². The number of hydrogen-bond donors (Lipinski definition) is 2. The molecule has 4 nitrogen and oxygen atoms in total. The van der Waals surface area contributed by atoms with Crippen molar-refractivity contribution in [2.45, 2.75) is 25.8 Å². The Morgan fingerprint density at radius 3 is 2.93 bits per heavy atom. The van der Waals surface area contributed by atoms with Crippen LogP contribution in [0.2, 0.25) is 0 Å². The molecule has 1 rings (SSSR count). The third-order valence-electron chi connectivity index (χ3n) is 2.97. The lowest BCUT2D eigenvalue weighted by molar-refractivity contribution is -0.123. The standard InChI is InChI=1S/C10H21N3O/c1-3-9(10(11)14)13-5-4-8(7-13)6-12-2/h8-9,12H,3-7H2,1-2H3,(H2,11,14). The van der Waals surface area contributed by atoms with Crippen molar-refractivity contribution in [1.29, 1.82) is 0 Å². The van der Waals surface area contributed by atoms with Gasteiger partial charge in [-0.1, -0.05) is 6.92 Å². The molecule has 0 aliphatic carbocycles. The first-order valence-electron chi connectivity index (χ1n) is 5.37. The van der Waals surface area contributed by atoms with E-state index in [2.05, 4.69) is 10.2 Å². The Morgan fingerprint density at radius 2 is 2.43 bits per heavy atom. The number of nitrogens with zero attached hydrogens (tertiary/aromatic N) is 1. The van der Waals surface area contributed by atoms with Gasteiger partial charge in [0.2, 0.25) is 5.91 Å². The average Bonchev–Trinajstić information content (AvgIpc) is 2.54. The van der Waals surface area contributed by atoms with Crippen molar-refractivity contribution in [3.8, 4) is 0 Å². The van der Waals surface area contributed by atoms with Crippen molar-refractivity contribution in [1.82, 2.24) is 10.2 Å². The maximum Gasteiger partial charge on any atom is 0.234 e. The molecule has 0 radical (unpaired) electrons. The van der Waals surface area contributed by atoms with Gasteiger partial charge in [0.25, 0.3) is 0 Å². The minimum atomic E-state index is -0.183. The van der Waals surface area contributed by atoms with Gasteiger partial charge in [-0.15, -0.1) is 0 Å². The molecule has 0 bridgehead atoms. The van der Waals surface area contributed by atoms with E-state index in [1.165, 1.54) is 6.42 Å². The molecule has 0 spiro atoms. The highest BCUT2D eigenvalue weighted by molar-refractivity contribution is 5.79.